The number of hydrogen-bond donors (Lipinski definition) is 3. The van der Waals surface area contributed by atoms with Crippen LogP contribution in [0.3, 0.4) is 0 Å². The molecule has 0 radical (unpaired) electrons. The molecule has 2 aliphatic rings. The molecule has 232 valence electrons. The van der Waals surface area contributed by atoms with E-state index in [9.17, 15) is 23.6 Å². The Bertz CT molecular complexity index is 1560. The number of hydrogen-bond acceptors (Lipinski definition) is 5. The molecule has 3 unspecified atom stereocenters. The lowest BCUT2D eigenvalue weighted by molar-refractivity contribution is -0.148. The number of fused-ring (bicyclic) bond motifs is 1. The van der Waals surface area contributed by atoms with Crippen LogP contribution < -0.4 is 16.4 Å². The quantitative estimate of drug-likeness (QED) is 0.356. The Balaban J connectivity index is 1.47. The molecule has 44 heavy (non-hydrogen) atoms. The number of rotatable bonds is 8. The summed E-state index contributed by atoms with van der Waals surface area (Å²) in [6, 6.07) is 14.7. The third kappa shape index (κ3) is 6.71. The van der Waals surface area contributed by atoms with Crippen molar-refractivity contribution in [3.8, 4) is 0 Å². The molecular weight excluding hydrogens is 585 g/mol. The van der Waals surface area contributed by atoms with Crippen molar-refractivity contribution in [2.24, 2.45) is 11.7 Å². The van der Waals surface area contributed by atoms with Gasteiger partial charge >= 0.3 is 0 Å². The third-order valence-electron chi connectivity index (χ3n) is 8.73. The number of carbonyl (C=O) groups is 4. The molecule has 3 atom stereocenters. The molecule has 0 aliphatic carbocycles. The van der Waals surface area contributed by atoms with Gasteiger partial charge in [-0.1, -0.05) is 60.1 Å². The average Bonchev–Trinajstić information content (AvgIpc) is 3.15. The highest BCUT2D eigenvalue weighted by atomic mass is 35.5. The Morgan fingerprint density at radius 3 is 2.52 bits per heavy atom. The lowest BCUT2D eigenvalue weighted by Gasteiger charge is -2.36. The summed E-state index contributed by atoms with van der Waals surface area (Å²) in [7, 11) is 0. The predicted molar refractivity (Wildman–Crippen MR) is 166 cm³/mol. The monoisotopic (exact) mass is 621 g/mol. The minimum absolute atomic E-state index is 0.162. The second-order valence-corrected chi connectivity index (χ2v) is 12.0. The fourth-order valence-corrected chi connectivity index (χ4v) is 6.51. The number of nitrogens with zero attached hydrogens (tertiary/aromatic N) is 2. The minimum Gasteiger partial charge on any atom is -0.368 e. The maximum absolute atomic E-state index is 14.5. The van der Waals surface area contributed by atoms with Gasteiger partial charge in [0, 0.05) is 24.9 Å². The van der Waals surface area contributed by atoms with Crippen molar-refractivity contribution >= 4 is 46.0 Å². The van der Waals surface area contributed by atoms with Crippen LogP contribution in [0.4, 0.5) is 4.39 Å². The van der Waals surface area contributed by atoms with E-state index in [1.165, 1.54) is 21.9 Å². The number of benzene rings is 3. The first kappa shape index (κ1) is 31.4. The highest BCUT2D eigenvalue weighted by molar-refractivity contribution is 6.30. The first-order chi connectivity index (χ1) is 21.2. The van der Waals surface area contributed by atoms with Gasteiger partial charge in [0.25, 0.3) is 5.91 Å². The zero-order chi connectivity index (χ0) is 31.4. The van der Waals surface area contributed by atoms with Crippen LogP contribution in [-0.2, 0) is 25.6 Å². The van der Waals surface area contributed by atoms with Crippen molar-refractivity contribution in [1.29, 1.82) is 0 Å². The van der Waals surface area contributed by atoms with Crippen LogP contribution in [0.1, 0.15) is 43.4 Å². The maximum Gasteiger partial charge on any atom is 0.250 e. The van der Waals surface area contributed by atoms with E-state index < -0.39 is 41.7 Å². The Hall–Kier alpha value is -4.02. The summed E-state index contributed by atoms with van der Waals surface area (Å²) in [5.74, 6) is -2.74. The fraction of sp³-hybridized carbons (Fsp3) is 0.394. The zero-order valence-electron chi connectivity index (χ0n) is 24.6. The van der Waals surface area contributed by atoms with Crippen LogP contribution in [-0.4, -0.2) is 71.7 Å². The summed E-state index contributed by atoms with van der Waals surface area (Å²) in [4.78, 5) is 57.0. The molecule has 5 rings (SSSR count). The largest absolute Gasteiger partial charge is 0.368 e. The molecule has 4 amide bonds. The van der Waals surface area contributed by atoms with E-state index >= 15 is 0 Å². The van der Waals surface area contributed by atoms with E-state index in [-0.39, 0.29) is 36.4 Å². The molecule has 2 fully saturated rings. The van der Waals surface area contributed by atoms with Gasteiger partial charge in [0.05, 0.1) is 11.6 Å². The van der Waals surface area contributed by atoms with E-state index in [4.69, 9.17) is 17.3 Å². The first-order valence-corrected chi connectivity index (χ1v) is 15.3. The number of carbonyl (C=O) groups excluding carboxylic acids is 4. The average molecular weight is 622 g/mol. The highest BCUT2D eigenvalue weighted by Crippen LogP contribution is 2.33. The highest BCUT2D eigenvalue weighted by Gasteiger charge is 2.43. The molecule has 2 saturated heterocycles. The molecule has 2 heterocycles. The van der Waals surface area contributed by atoms with Gasteiger partial charge in [-0.3, -0.25) is 19.2 Å². The van der Waals surface area contributed by atoms with Gasteiger partial charge in [-0.2, -0.15) is 0 Å². The number of piperidine rings is 1. The summed E-state index contributed by atoms with van der Waals surface area (Å²) in [6.45, 7) is 3.13. The van der Waals surface area contributed by atoms with E-state index in [1.54, 1.807) is 0 Å². The molecular formula is C33H37ClFN5O4. The summed E-state index contributed by atoms with van der Waals surface area (Å²) in [5, 5.41) is 7.71. The van der Waals surface area contributed by atoms with Gasteiger partial charge in [-0.05, 0) is 73.3 Å². The van der Waals surface area contributed by atoms with Crippen LogP contribution in [0.15, 0.2) is 60.7 Å². The fourth-order valence-electron chi connectivity index (χ4n) is 6.32. The number of amides is 4. The number of nitrogens with two attached hydrogens (primary N) is 1. The van der Waals surface area contributed by atoms with Gasteiger partial charge in [0.15, 0.2) is 0 Å². The summed E-state index contributed by atoms with van der Waals surface area (Å²) < 4.78 is 14.2. The zero-order valence-corrected chi connectivity index (χ0v) is 25.4. The second kappa shape index (κ2) is 13.7. The second-order valence-electron chi connectivity index (χ2n) is 11.5. The van der Waals surface area contributed by atoms with Gasteiger partial charge in [0.1, 0.15) is 17.9 Å². The lowest BCUT2D eigenvalue weighted by atomic mass is 9.96. The van der Waals surface area contributed by atoms with Crippen molar-refractivity contribution in [2.45, 2.75) is 50.7 Å². The van der Waals surface area contributed by atoms with Crippen molar-refractivity contribution < 1.29 is 23.6 Å². The van der Waals surface area contributed by atoms with Crippen molar-refractivity contribution in [3.63, 3.8) is 0 Å². The Morgan fingerprint density at radius 2 is 1.80 bits per heavy atom. The molecule has 2 aliphatic heterocycles. The number of halogens is 2. The summed E-state index contributed by atoms with van der Waals surface area (Å²) in [5.41, 5.74) is 7.10. The summed E-state index contributed by atoms with van der Waals surface area (Å²) in [6.07, 6.45) is 1.88. The van der Waals surface area contributed by atoms with Gasteiger partial charge < -0.3 is 26.2 Å². The predicted octanol–water partition coefficient (Wildman–Crippen LogP) is 3.34. The molecule has 4 N–H and O–H groups in total. The number of primary amides is 1. The Labute approximate surface area is 260 Å². The van der Waals surface area contributed by atoms with Crippen molar-refractivity contribution in [2.75, 3.05) is 26.2 Å². The Morgan fingerprint density at radius 1 is 1.07 bits per heavy atom. The topological polar surface area (TPSA) is 125 Å². The van der Waals surface area contributed by atoms with E-state index in [0.29, 0.717) is 24.8 Å². The molecule has 0 saturated carbocycles. The van der Waals surface area contributed by atoms with Crippen LogP contribution >= 0.6 is 11.6 Å². The van der Waals surface area contributed by atoms with E-state index in [1.807, 2.05) is 49.4 Å². The summed E-state index contributed by atoms with van der Waals surface area (Å²) >= 11 is 6.15. The minimum atomic E-state index is -1.22. The van der Waals surface area contributed by atoms with Crippen LogP contribution in [0.2, 0.25) is 5.02 Å². The van der Waals surface area contributed by atoms with Gasteiger partial charge in [-0.25, -0.2) is 4.39 Å². The maximum atomic E-state index is 14.5. The molecule has 11 heteroatoms. The third-order valence-corrected chi connectivity index (χ3v) is 9.02. The first-order valence-electron chi connectivity index (χ1n) is 15.0. The molecule has 9 nitrogen and oxygen atoms in total. The Kier molecular flexibility index (Phi) is 9.80. The van der Waals surface area contributed by atoms with E-state index in [0.717, 1.165) is 35.5 Å². The molecule has 3 aromatic carbocycles. The van der Waals surface area contributed by atoms with Gasteiger partial charge in [0.2, 0.25) is 17.7 Å². The molecule has 0 bridgehead atoms. The lowest BCUT2D eigenvalue weighted by Crippen LogP contribution is -2.53. The van der Waals surface area contributed by atoms with Crippen molar-refractivity contribution in [3.05, 3.63) is 82.6 Å². The van der Waals surface area contributed by atoms with Crippen molar-refractivity contribution in [1.82, 2.24) is 20.4 Å². The SMILES string of the molecule is CC1CCN(C(Cc2cccc3ccccc23)C(N)=O)C(=O)C(c2ccc(F)c(Cl)c2)N1C(=O)CNC(=O)C1CCNCC1. The number of nitrogens with one attached hydrogen (secondary N) is 2. The standard InChI is InChI=1S/C33H37ClFN5O4/c1-20-13-16-39(28(31(36)42)18-23-7-4-6-21-5-2-3-8-25(21)23)33(44)30(24-9-10-27(35)26(34)17-24)40(20)29(41)19-38-32(43)22-11-14-37-15-12-22/h2-10,17,20,22,28,30,37H,11-16,18-19H2,1H3,(H2,36,42)(H,38,43). The molecule has 0 spiro atoms. The van der Waals surface area contributed by atoms with Crippen LogP contribution in [0.25, 0.3) is 10.8 Å². The van der Waals surface area contributed by atoms with Crippen LogP contribution in [0, 0.1) is 11.7 Å². The normalized spacial score (nSPS) is 20.3. The molecule has 3 aromatic rings. The van der Waals surface area contributed by atoms with E-state index in [2.05, 4.69) is 10.6 Å². The molecule has 0 aromatic heterocycles. The van der Waals surface area contributed by atoms with Gasteiger partial charge in [-0.15, -0.1) is 0 Å². The smallest absolute Gasteiger partial charge is 0.250 e. The van der Waals surface area contributed by atoms with Crippen LogP contribution in [0.5, 0.6) is 0 Å².